The largest absolute Gasteiger partial charge is 0.508 e. The van der Waals surface area contributed by atoms with Gasteiger partial charge >= 0.3 is 12.1 Å². The molecule has 108 valence electrons. The van der Waals surface area contributed by atoms with E-state index in [9.17, 15) is 27.5 Å². The molecule has 1 aromatic rings. The first-order valence-electron chi connectivity index (χ1n) is 6.14. The average molecular weight is 289 g/mol. The molecule has 20 heavy (non-hydrogen) atoms. The minimum Gasteiger partial charge on any atom is -0.508 e. The number of benzene rings is 1. The molecule has 1 saturated heterocycles. The molecule has 1 aromatic carbocycles. The molecular weight excluding hydrogens is 278 g/mol. The number of likely N-dealkylation sites (tertiary alicyclic amines) is 1. The van der Waals surface area contributed by atoms with Gasteiger partial charge in [-0.2, -0.15) is 13.2 Å². The standard InChI is InChI=1S/C13H11F4NO2/c14-8-1-2-10(19)9(5-8)12-6-7(12)3-4-18(12)11(20)13(15,16)17/h1-2,5,7,19H,3-4,6H2. The van der Waals surface area contributed by atoms with Crippen molar-refractivity contribution >= 4 is 5.91 Å². The molecule has 1 aliphatic heterocycles. The third-order valence-electron chi connectivity index (χ3n) is 4.17. The highest BCUT2D eigenvalue weighted by Gasteiger charge is 2.67. The van der Waals surface area contributed by atoms with Crippen molar-refractivity contribution in [2.75, 3.05) is 6.54 Å². The SMILES string of the molecule is O=C(N1CCC2CC21c1cc(F)ccc1O)C(F)(F)F. The number of alkyl halides is 3. The van der Waals surface area contributed by atoms with Crippen molar-refractivity contribution in [3.05, 3.63) is 29.6 Å². The molecule has 7 heteroatoms. The van der Waals surface area contributed by atoms with Crippen LogP contribution in [0.1, 0.15) is 18.4 Å². The van der Waals surface area contributed by atoms with E-state index in [4.69, 9.17) is 0 Å². The maximum atomic E-state index is 13.3. The average Bonchev–Trinajstić information content (AvgIpc) is 2.97. The van der Waals surface area contributed by atoms with E-state index in [1.807, 2.05) is 0 Å². The molecule has 2 aliphatic rings. The van der Waals surface area contributed by atoms with Crippen molar-refractivity contribution < 1.29 is 27.5 Å². The van der Waals surface area contributed by atoms with Crippen LogP contribution in [0.25, 0.3) is 0 Å². The molecule has 0 radical (unpaired) electrons. The summed E-state index contributed by atoms with van der Waals surface area (Å²) < 4.78 is 51.2. The lowest BCUT2D eigenvalue weighted by Crippen LogP contribution is -2.45. The summed E-state index contributed by atoms with van der Waals surface area (Å²) in [6.07, 6.45) is -4.21. The minimum atomic E-state index is -4.96. The van der Waals surface area contributed by atoms with E-state index in [1.54, 1.807) is 0 Å². The Morgan fingerprint density at radius 3 is 2.70 bits per heavy atom. The second-order valence-corrected chi connectivity index (χ2v) is 5.23. The number of aromatic hydroxyl groups is 1. The number of rotatable bonds is 1. The highest BCUT2D eigenvalue weighted by Crippen LogP contribution is 2.64. The Morgan fingerprint density at radius 2 is 2.10 bits per heavy atom. The summed E-state index contributed by atoms with van der Waals surface area (Å²) in [4.78, 5) is 12.2. The lowest BCUT2D eigenvalue weighted by Gasteiger charge is -2.30. The fraction of sp³-hybridized carbons (Fsp3) is 0.462. The molecule has 0 spiro atoms. The van der Waals surface area contributed by atoms with Crippen LogP contribution in [-0.2, 0) is 10.3 Å². The van der Waals surface area contributed by atoms with Crippen LogP contribution in [0, 0.1) is 11.7 Å². The van der Waals surface area contributed by atoms with Crippen molar-refractivity contribution in [3.63, 3.8) is 0 Å². The molecule has 2 fully saturated rings. The van der Waals surface area contributed by atoms with Crippen molar-refractivity contribution in [3.8, 4) is 5.75 Å². The number of phenolic OH excluding ortho intramolecular Hbond substituents is 1. The predicted octanol–water partition coefficient (Wildman–Crippen LogP) is 2.54. The van der Waals surface area contributed by atoms with E-state index in [0.717, 1.165) is 23.1 Å². The van der Waals surface area contributed by atoms with Crippen molar-refractivity contribution in [2.24, 2.45) is 5.92 Å². The van der Waals surface area contributed by atoms with Gasteiger partial charge in [0.2, 0.25) is 0 Å². The van der Waals surface area contributed by atoms with Gasteiger partial charge in [-0.1, -0.05) is 0 Å². The third-order valence-corrected chi connectivity index (χ3v) is 4.17. The van der Waals surface area contributed by atoms with Crippen LogP contribution in [0.15, 0.2) is 18.2 Å². The fourth-order valence-electron chi connectivity index (χ4n) is 3.24. The number of amides is 1. The number of piperidine rings is 1. The summed E-state index contributed by atoms with van der Waals surface area (Å²) in [5, 5.41) is 9.80. The van der Waals surface area contributed by atoms with Gasteiger partial charge in [0, 0.05) is 12.1 Å². The predicted molar refractivity (Wildman–Crippen MR) is 60.2 cm³/mol. The van der Waals surface area contributed by atoms with Crippen molar-refractivity contribution in [2.45, 2.75) is 24.6 Å². The Hall–Kier alpha value is -1.79. The number of carbonyl (C=O) groups excluding carboxylic acids is 1. The summed E-state index contributed by atoms with van der Waals surface area (Å²) in [6, 6.07) is 3.14. The molecule has 0 bridgehead atoms. The quantitative estimate of drug-likeness (QED) is 0.807. The zero-order chi connectivity index (χ0) is 14.7. The number of hydrogen-bond acceptors (Lipinski definition) is 2. The molecule has 2 atom stereocenters. The zero-order valence-electron chi connectivity index (χ0n) is 10.2. The Balaban J connectivity index is 2.04. The molecular formula is C13H11F4NO2. The lowest BCUT2D eigenvalue weighted by molar-refractivity contribution is -0.188. The van der Waals surface area contributed by atoms with Crippen LogP contribution in [0.3, 0.4) is 0 Å². The molecule has 3 nitrogen and oxygen atoms in total. The third kappa shape index (κ3) is 1.68. The highest BCUT2D eigenvalue weighted by molar-refractivity contribution is 5.84. The summed E-state index contributed by atoms with van der Waals surface area (Å²) >= 11 is 0. The number of nitrogens with zero attached hydrogens (tertiary/aromatic N) is 1. The van der Waals surface area contributed by atoms with Crippen LogP contribution in [0.5, 0.6) is 5.75 Å². The summed E-state index contributed by atoms with van der Waals surface area (Å²) in [5.41, 5.74) is -1.13. The number of carbonyl (C=O) groups is 1. The van der Waals surface area contributed by atoms with Crippen LogP contribution in [0.4, 0.5) is 17.6 Å². The minimum absolute atomic E-state index is 0.0288. The van der Waals surface area contributed by atoms with Crippen LogP contribution < -0.4 is 0 Å². The van der Waals surface area contributed by atoms with Crippen LogP contribution in [0.2, 0.25) is 0 Å². The first-order chi connectivity index (χ1) is 9.26. The smallest absolute Gasteiger partial charge is 0.471 e. The number of halogens is 4. The van der Waals surface area contributed by atoms with Gasteiger partial charge in [-0.05, 0) is 37.0 Å². The van der Waals surface area contributed by atoms with Gasteiger partial charge in [0.25, 0.3) is 0 Å². The van der Waals surface area contributed by atoms with Gasteiger partial charge in [-0.3, -0.25) is 4.79 Å². The monoisotopic (exact) mass is 289 g/mol. The highest BCUT2D eigenvalue weighted by atomic mass is 19.4. The summed E-state index contributed by atoms with van der Waals surface area (Å²) in [6.45, 7) is -0.0288. The summed E-state index contributed by atoms with van der Waals surface area (Å²) in [7, 11) is 0. The fourth-order valence-corrected chi connectivity index (χ4v) is 3.24. The maximum absolute atomic E-state index is 13.3. The van der Waals surface area contributed by atoms with Crippen LogP contribution >= 0.6 is 0 Å². The van der Waals surface area contributed by atoms with Crippen LogP contribution in [-0.4, -0.2) is 28.6 Å². The van der Waals surface area contributed by atoms with Gasteiger partial charge in [0.15, 0.2) is 0 Å². The van der Waals surface area contributed by atoms with E-state index in [-0.39, 0.29) is 23.8 Å². The Labute approximate surface area is 111 Å². The zero-order valence-corrected chi connectivity index (χ0v) is 10.2. The molecule has 1 N–H and O–H groups in total. The Bertz CT molecular complexity index is 586. The van der Waals surface area contributed by atoms with Gasteiger partial charge in [0.05, 0.1) is 5.54 Å². The van der Waals surface area contributed by atoms with Gasteiger partial charge < -0.3 is 10.0 Å². The molecule has 0 aromatic heterocycles. The first-order valence-corrected chi connectivity index (χ1v) is 6.14. The van der Waals surface area contributed by atoms with E-state index >= 15 is 0 Å². The molecule has 1 saturated carbocycles. The normalized spacial score (nSPS) is 28.4. The molecule has 1 heterocycles. The Kier molecular flexibility index (Phi) is 2.55. The molecule has 1 amide bonds. The van der Waals surface area contributed by atoms with E-state index in [1.165, 1.54) is 0 Å². The first kappa shape index (κ1) is 13.2. The maximum Gasteiger partial charge on any atom is 0.471 e. The van der Waals surface area contributed by atoms with E-state index in [0.29, 0.717) is 12.8 Å². The number of phenols is 1. The summed E-state index contributed by atoms with van der Waals surface area (Å²) in [5.74, 6) is -3.01. The van der Waals surface area contributed by atoms with E-state index in [2.05, 4.69) is 0 Å². The Morgan fingerprint density at radius 1 is 1.40 bits per heavy atom. The van der Waals surface area contributed by atoms with E-state index < -0.39 is 23.4 Å². The number of hydrogen-bond donors (Lipinski definition) is 1. The number of fused-ring (bicyclic) bond motifs is 1. The topological polar surface area (TPSA) is 40.5 Å². The van der Waals surface area contributed by atoms with Crippen molar-refractivity contribution in [1.82, 2.24) is 4.90 Å². The van der Waals surface area contributed by atoms with Gasteiger partial charge in [0.1, 0.15) is 11.6 Å². The molecule has 3 rings (SSSR count). The van der Waals surface area contributed by atoms with Gasteiger partial charge in [-0.15, -0.1) is 0 Å². The molecule has 1 aliphatic carbocycles. The van der Waals surface area contributed by atoms with Crippen molar-refractivity contribution in [1.29, 1.82) is 0 Å². The molecule has 2 unspecified atom stereocenters. The second-order valence-electron chi connectivity index (χ2n) is 5.23. The lowest BCUT2D eigenvalue weighted by atomic mass is 10.0. The van der Waals surface area contributed by atoms with Gasteiger partial charge in [-0.25, -0.2) is 4.39 Å². The second kappa shape index (κ2) is 3.86.